The second-order valence-corrected chi connectivity index (χ2v) is 7.72. The van der Waals surface area contributed by atoms with Crippen LogP contribution in [0.1, 0.15) is 36.8 Å². The highest BCUT2D eigenvalue weighted by Crippen LogP contribution is 2.34. The number of nitrogens with zero attached hydrogens (tertiary/aromatic N) is 1. The number of aryl methyl sites for hydroxylation is 1. The van der Waals surface area contributed by atoms with Crippen molar-refractivity contribution < 1.29 is 14.3 Å². The van der Waals surface area contributed by atoms with Gasteiger partial charge in [0, 0.05) is 23.8 Å². The van der Waals surface area contributed by atoms with Gasteiger partial charge in [0.05, 0.1) is 0 Å². The van der Waals surface area contributed by atoms with E-state index in [1.54, 1.807) is 0 Å². The van der Waals surface area contributed by atoms with Crippen molar-refractivity contribution in [3.8, 4) is 5.75 Å². The molecule has 1 heterocycles. The van der Waals surface area contributed by atoms with E-state index in [4.69, 9.17) is 4.74 Å². The van der Waals surface area contributed by atoms with Crippen molar-refractivity contribution in [2.24, 2.45) is 5.92 Å². The van der Waals surface area contributed by atoms with E-state index in [0.717, 1.165) is 61.2 Å². The smallest absolute Gasteiger partial charge is 0.262 e. The largest absolute Gasteiger partial charge is 0.484 e. The summed E-state index contributed by atoms with van der Waals surface area (Å²) >= 11 is 0. The number of carbonyl (C=O) groups excluding carboxylic acids is 2. The van der Waals surface area contributed by atoms with Crippen molar-refractivity contribution in [2.75, 3.05) is 23.4 Å². The van der Waals surface area contributed by atoms with E-state index in [2.05, 4.69) is 5.32 Å². The lowest BCUT2D eigenvalue weighted by Crippen LogP contribution is -2.33. The van der Waals surface area contributed by atoms with Crippen LogP contribution in [0.15, 0.2) is 42.5 Å². The van der Waals surface area contributed by atoms with Gasteiger partial charge in [-0.05, 0) is 67.6 Å². The highest BCUT2D eigenvalue weighted by Gasteiger charge is 2.31. The van der Waals surface area contributed by atoms with Gasteiger partial charge in [0.15, 0.2) is 6.61 Å². The van der Waals surface area contributed by atoms with Crippen molar-refractivity contribution >= 4 is 23.2 Å². The summed E-state index contributed by atoms with van der Waals surface area (Å²) in [4.78, 5) is 26.9. The molecule has 0 atom stereocenters. The predicted octanol–water partition coefficient (Wildman–Crippen LogP) is 4.09. The monoisotopic (exact) mass is 378 g/mol. The lowest BCUT2D eigenvalue weighted by atomic mass is 10.1. The average Bonchev–Trinajstić information content (AvgIpc) is 3.36. The molecule has 1 aliphatic carbocycles. The van der Waals surface area contributed by atoms with E-state index in [1.807, 2.05) is 54.3 Å². The molecule has 5 nitrogen and oxygen atoms in total. The third-order valence-electron chi connectivity index (χ3n) is 5.59. The van der Waals surface area contributed by atoms with Gasteiger partial charge >= 0.3 is 0 Å². The summed E-state index contributed by atoms with van der Waals surface area (Å²) in [6.45, 7) is 2.68. The van der Waals surface area contributed by atoms with Crippen LogP contribution in [-0.2, 0) is 16.0 Å². The maximum absolute atomic E-state index is 12.8. The van der Waals surface area contributed by atoms with E-state index in [0.29, 0.717) is 5.75 Å². The fourth-order valence-electron chi connectivity index (χ4n) is 4.15. The quantitative estimate of drug-likeness (QED) is 0.852. The van der Waals surface area contributed by atoms with Crippen LogP contribution >= 0.6 is 0 Å². The summed E-state index contributed by atoms with van der Waals surface area (Å²) in [6.07, 6.45) is 5.18. The van der Waals surface area contributed by atoms with Gasteiger partial charge in [-0.2, -0.15) is 0 Å². The molecule has 0 spiro atoms. The third-order valence-corrected chi connectivity index (χ3v) is 5.59. The fourth-order valence-corrected chi connectivity index (χ4v) is 4.15. The molecule has 2 amide bonds. The van der Waals surface area contributed by atoms with Crippen LogP contribution in [0.5, 0.6) is 5.75 Å². The van der Waals surface area contributed by atoms with Gasteiger partial charge in [-0.15, -0.1) is 0 Å². The second-order valence-electron chi connectivity index (χ2n) is 7.72. The van der Waals surface area contributed by atoms with Gasteiger partial charge in [0.2, 0.25) is 5.91 Å². The molecule has 1 N–H and O–H groups in total. The number of rotatable bonds is 5. The fraction of sp³-hybridized carbons (Fsp3) is 0.391. The number of nitrogens with one attached hydrogen (secondary N) is 1. The number of amides is 2. The zero-order valence-corrected chi connectivity index (χ0v) is 16.2. The summed E-state index contributed by atoms with van der Waals surface area (Å²) in [5.74, 6) is 0.937. The van der Waals surface area contributed by atoms with Crippen molar-refractivity contribution in [2.45, 2.75) is 39.0 Å². The van der Waals surface area contributed by atoms with Gasteiger partial charge in [-0.1, -0.05) is 25.0 Å². The van der Waals surface area contributed by atoms with E-state index < -0.39 is 0 Å². The molecule has 2 aliphatic rings. The number of anilines is 2. The molecule has 2 aromatic carbocycles. The number of benzene rings is 2. The van der Waals surface area contributed by atoms with Crippen molar-refractivity contribution in [3.63, 3.8) is 0 Å². The van der Waals surface area contributed by atoms with E-state index in [1.165, 1.54) is 0 Å². The van der Waals surface area contributed by atoms with Crippen molar-refractivity contribution in [1.29, 1.82) is 0 Å². The predicted molar refractivity (Wildman–Crippen MR) is 110 cm³/mol. The van der Waals surface area contributed by atoms with Crippen LogP contribution in [0.4, 0.5) is 11.4 Å². The van der Waals surface area contributed by atoms with Crippen LogP contribution in [0.2, 0.25) is 0 Å². The van der Waals surface area contributed by atoms with Gasteiger partial charge < -0.3 is 15.0 Å². The molecule has 1 saturated carbocycles. The summed E-state index contributed by atoms with van der Waals surface area (Å²) in [6, 6.07) is 13.4. The Labute approximate surface area is 165 Å². The zero-order chi connectivity index (χ0) is 19.5. The van der Waals surface area contributed by atoms with Crippen LogP contribution in [0.3, 0.4) is 0 Å². The lowest BCUT2D eigenvalue weighted by molar-refractivity contribution is -0.122. The number of ether oxygens (including phenoxy) is 1. The molecular weight excluding hydrogens is 352 g/mol. The zero-order valence-electron chi connectivity index (χ0n) is 16.2. The number of hydrogen-bond donors (Lipinski definition) is 1. The summed E-state index contributed by atoms with van der Waals surface area (Å²) in [5.41, 5.74) is 3.94. The summed E-state index contributed by atoms with van der Waals surface area (Å²) in [5, 5.41) is 2.89. The molecule has 0 bridgehead atoms. The standard InChI is InChI=1S/C23H26N2O3/c1-16-5-4-8-20(13-16)28-15-22(26)24-19-9-10-21-18(14-19)11-12-25(21)23(27)17-6-2-3-7-17/h4-5,8-10,13-14,17H,2-3,6-7,11-12,15H2,1H3,(H,24,26). The van der Waals surface area contributed by atoms with E-state index >= 15 is 0 Å². The molecule has 0 unspecified atom stereocenters. The van der Waals surface area contributed by atoms with Crippen LogP contribution in [-0.4, -0.2) is 25.0 Å². The molecule has 28 heavy (non-hydrogen) atoms. The Balaban J connectivity index is 1.36. The van der Waals surface area contributed by atoms with Crippen LogP contribution in [0.25, 0.3) is 0 Å². The molecule has 146 valence electrons. The maximum atomic E-state index is 12.8. The number of hydrogen-bond acceptors (Lipinski definition) is 3. The summed E-state index contributed by atoms with van der Waals surface area (Å²) in [7, 11) is 0. The minimum Gasteiger partial charge on any atom is -0.484 e. The van der Waals surface area contributed by atoms with Gasteiger partial charge in [0.1, 0.15) is 5.75 Å². The Hall–Kier alpha value is -2.82. The van der Waals surface area contributed by atoms with Gasteiger partial charge in [0.25, 0.3) is 5.91 Å². The average molecular weight is 378 g/mol. The van der Waals surface area contributed by atoms with Crippen molar-refractivity contribution in [3.05, 3.63) is 53.6 Å². The molecule has 1 aliphatic heterocycles. The highest BCUT2D eigenvalue weighted by molar-refractivity contribution is 5.98. The Bertz CT molecular complexity index is 887. The first-order valence-corrected chi connectivity index (χ1v) is 10.0. The molecule has 0 radical (unpaired) electrons. The number of fused-ring (bicyclic) bond motifs is 1. The first-order chi connectivity index (χ1) is 13.6. The van der Waals surface area contributed by atoms with Crippen LogP contribution in [0, 0.1) is 12.8 Å². The summed E-state index contributed by atoms with van der Waals surface area (Å²) < 4.78 is 5.55. The first kappa shape index (κ1) is 18.5. The third kappa shape index (κ3) is 4.03. The minimum atomic E-state index is -0.196. The Morgan fingerprint density at radius 2 is 1.96 bits per heavy atom. The topological polar surface area (TPSA) is 58.6 Å². The van der Waals surface area contributed by atoms with Crippen molar-refractivity contribution in [1.82, 2.24) is 0 Å². The van der Waals surface area contributed by atoms with Gasteiger partial charge in [-0.25, -0.2) is 0 Å². The van der Waals surface area contributed by atoms with E-state index in [9.17, 15) is 9.59 Å². The normalized spacial score (nSPS) is 16.1. The SMILES string of the molecule is Cc1cccc(OCC(=O)Nc2ccc3c(c2)CCN3C(=O)C2CCCC2)c1. The minimum absolute atomic E-state index is 0.0349. The van der Waals surface area contributed by atoms with Gasteiger partial charge in [-0.3, -0.25) is 9.59 Å². The second kappa shape index (κ2) is 8.05. The highest BCUT2D eigenvalue weighted by atomic mass is 16.5. The maximum Gasteiger partial charge on any atom is 0.262 e. The molecular formula is C23H26N2O3. The Kier molecular flexibility index (Phi) is 5.33. The van der Waals surface area contributed by atoms with E-state index in [-0.39, 0.29) is 24.3 Å². The first-order valence-electron chi connectivity index (χ1n) is 10.0. The molecule has 5 heteroatoms. The van der Waals surface area contributed by atoms with Crippen LogP contribution < -0.4 is 15.0 Å². The molecule has 1 fully saturated rings. The number of carbonyl (C=O) groups is 2. The molecule has 0 aromatic heterocycles. The Morgan fingerprint density at radius 1 is 1.14 bits per heavy atom. The Morgan fingerprint density at radius 3 is 2.75 bits per heavy atom. The molecule has 0 saturated heterocycles. The molecule has 4 rings (SSSR count). The molecule has 2 aromatic rings. The lowest BCUT2D eigenvalue weighted by Gasteiger charge is -2.21.